The van der Waals surface area contributed by atoms with E-state index in [1.54, 1.807) is 27.7 Å². The summed E-state index contributed by atoms with van der Waals surface area (Å²) in [5.74, 6) is 0.303. The molecule has 1 aromatic heterocycles. The molecule has 0 saturated carbocycles. The second-order valence-corrected chi connectivity index (χ2v) is 5.97. The number of rotatable bonds is 5. The predicted molar refractivity (Wildman–Crippen MR) is 90.8 cm³/mol. The van der Waals surface area contributed by atoms with Gasteiger partial charge in [-0.2, -0.15) is 0 Å². The number of aryl methyl sites for hydroxylation is 3. The van der Waals surface area contributed by atoms with Gasteiger partial charge in [0, 0.05) is 12.1 Å². The maximum absolute atomic E-state index is 12.3. The highest BCUT2D eigenvalue weighted by atomic mass is 16.5. The quantitative estimate of drug-likeness (QED) is 0.854. The van der Waals surface area contributed by atoms with Crippen LogP contribution in [0.1, 0.15) is 45.5 Å². The Hall–Kier alpha value is -2.56. The monoisotopic (exact) mass is 329 g/mol. The molecule has 2 aromatic rings. The van der Waals surface area contributed by atoms with Crippen molar-refractivity contribution in [3.05, 3.63) is 58.0 Å². The smallest absolute Gasteiger partial charge is 0.342 e. The fraction of sp³-hybridized carbons (Fsp3) is 0.368. The van der Waals surface area contributed by atoms with Crippen LogP contribution < -0.4 is 5.32 Å². The number of hydrogen-bond acceptors (Lipinski definition) is 4. The highest BCUT2D eigenvalue weighted by molar-refractivity contribution is 5.94. The Balaban J connectivity index is 1.93. The summed E-state index contributed by atoms with van der Waals surface area (Å²) in [6.45, 7) is 9.25. The Morgan fingerprint density at radius 1 is 1.08 bits per heavy atom. The standard InChI is InChI=1S/C19H23NO4/c1-11-6-8-16(9-7-11)10-20-18(21)15(5)24-19(22)17-12(2)13(3)23-14(17)4/h6-9,15H,10H2,1-5H3,(H,20,21)/t15-/m0/s1. The van der Waals surface area contributed by atoms with Crippen LogP contribution in [0.4, 0.5) is 0 Å². The molecule has 2 rings (SSSR count). The number of amides is 1. The Bertz CT molecular complexity index is 743. The van der Waals surface area contributed by atoms with Crippen LogP contribution in [0.25, 0.3) is 0 Å². The average Bonchev–Trinajstić information content (AvgIpc) is 2.79. The van der Waals surface area contributed by atoms with Crippen molar-refractivity contribution in [2.24, 2.45) is 0 Å². The fourth-order valence-electron chi connectivity index (χ4n) is 2.41. The van der Waals surface area contributed by atoms with E-state index in [9.17, 15) is 9.59 Å². The van der Waals surface area contributed by atoms with E-state index in [0.29, 0.717) is 23.6 Å². The lowest BCUT2D eigenvalue weighted by atomic mass is 10.1. The van der Waals surface area contributed by atoms with Gasteiger partial charge in [-0.05, 0) is 40.2 Å². The first-order chi connectivity index (χ1) is 11.3. The van der Waals surface area contributed by atoms with Crippen LogP contribution in [0.2, 0.25) is 0 Å². The Morgan fingerprint density at radius 2 is 1.71 bits per heavy atom. The van der Waals surface area contributed by atoms with E-state index >= 15 is 0 Å². The molecule has 1 N–H and O–H groups in total. The maximum atomic E-state index is 12.3. The van der Waals surface area contributed by atoms with Gasteiger partial charge in [-0.1, -0.05) is 29.8 Å². The first-order valence-corrected chi connectivity index (χ1v) is 7.90. The van der Waals surface area contributed by atoms with E-state index in [-0.39, 0.29) is 5.91 Å². The normalized spacial score (nSPS) is 11.9. The Labute approximate surface area is 142 Å². The molecule has 0 spiro atoms. The van der Waals surface area contributed by atoms with E-state index in [0.717, 1.165) is 16.7 Å². The van der Waals surface area contributed by atoms with Crippen molar-refractivity contribution >= 4 is 11.9 Å². The second kappa shape index (κ2) is 7.34. The molecule has 0 aliphatic rings. The number of benzene rings is 1. The number of esters is 1. The van der Waals surface area contributed by atoms with E-state index in [1.165, 1.54) is 0 Å². The molecule has 0 bridgehead atoms. The SMILES string of the molecule is Cc1ccc(CNC(=O)[C@H](C)OC(=O)c2c(C)oc(C)c2C)cc1. The summed E-state index contributed by atoms with van der Waals surface area (Å²) in [7, 11) is 0. The van der Waals surface area contributed by atoms with Gasteiger partial charge in [-0.25, -0.2) is 4.79 Å². The molecule has 5 heteroatoms. The summed E-state index contributed by atoms with van der Waals surface area (Å²) in [4.78, 5) is 24.4. The van der Waals surface area contributed by atoms with Crippen molar-refractivity contribution in [2.45, 2.75) is 47.3 Å². The van der Waals surface area contributed by atoms with Crippen LogP contribution in [0.5, 0.6) is 0 Å². The number of ether oxygens (including phenoxy) is 1. The van der Waals surface area contributed by atoms with Crippen LogP contribution in [0, 0.1) is 27.7 Å². The van der Waals surface area contributed by atoms with Crippen LogP contribution in [-0.4, -0.2) is 18.0 Å². The highest BCUT2D eigenvalue weighted by Gasteiger charge is 2.24. The lowest BCUT2D eigenvalue weighted by molar-refractivity contribution is -0.129. The van der Waals surface area contributed by atoms with Gasteiger partial charge >= 0.3 is 5.97 Å². The van der Waals surface area contributed by atoms with Crippen LogP contribution in [0.3, 0.4) is 0 Å². The minimum absolute atomic E-state index is 0.334. The summed E-state index contributed by atoms with van der Waals surface area (Å²) in [5.41, 5.74) is 3.29. The predicted octanol–water partition coefficient (Wildman–Crippen LogP) is 3.37. The van der Waals surface area contributed by atoms with Gasteiger partial charge in [0.05, 0.1) is 0 Å². The van der Waals surface area contributed by atoms with E-state index in [1.807, 2.05) is 31.2 Å². The zero-order valence-corrected chi connectivity index (χ0v) is 14.7. The third kappa shape index (κ3) is 4.04. The number of carbonyl (C=O) groups is 2. The third-order valence-corrected chi connectivity index (χ3v) is 4.01. The first-order valence-electron chi connectivity index (χ1n) is 7.90. The molecule has 0 aliphatic heterocycles. The number of furan rings is 1. The molecule has 0 unspecified atom stereocenters. The molecule has 0 radical (unpaired) electrons. The van der Waals surface area contributed by atoms with E-state index in [2.05, 4.69) is 5.32 Å². The third-order valence-electron chi connectivity index (χ3n) is 4.01. The van der Waals surface area contributed by atoms with Crippen LogP contribution in [0.15, 0.2) is 28.7 Å². The summed E-state index contributed by atoms with van der Waals surface area (Å²) < 4.78 is 10.7. The maximum Gasteiger partial charge on any atom is 0.342 e. The largest absolute Gasteiger partial charge is 0.465 e. The van der Waals surface area contributed by atoms with Gasteiger partial charge < -0.3 is 14.5 Å². The van der Waals surface area contributed by atoms with E-state index < -0.39 is 12.1 Å². The van der Waals surface area contributed by atoms with Gasteiger partial charge in [0.25, 0.3) is 5.91 Å². The Morgan fingerprint density at radius 3 is 2.25 bits per heavy atom. The fourth-order valence-corrected chi connectivity index (χ4v) is 2.41. The Kier molecular flexibility index (Phi) is 5.44. The molecular formula is C19H23NO4. The van der Waals surface area contributed by atoms with Crippen molar-refractivity contribution in [3.63, 3.8) is 0 Å². The zero-order valence-electron chi connectivity index (χ0n) is 14.7. The van der Waals surface area contributed by atoms with Gasteiger partial charge in [0.15, 0.2) is 6.10 Å². The topological polar surface area (TPSA) is 68.5 Å². The average molecular weight is 329 g/mol. The minimum atomic E-state index is -0.878. The number of nitrogens with one attached hydrogen (secondary N) is 1. The molecule has 0 aliphatic carbocycles. The van der Waals surface area contributed by atoms with Crippen molar-refractivity contribution in [3.8, 4) is 0 Å². The van der Waals surface area contributed by atoms with Crippen molar-refractivity contribution in [2.75, 3.05) is 0 Å². The molecule has 1 heterocycles. The summed E-state index contributed by atoms with van der Waals surface area (Å²) in [6, 6.07) is 7.87. The molecule has 128 valence electrons. The summed E-state index contributed by atoms with van der Waals surface area (Å²) in [5, 5.41) is 2.77. The minimum Gasteiger partial charge on any atom is -0.465 e. The molecule has 5 nitrogen and oxygen atoms in total. The van der Waals surface area contributed by atoms with Gasteiger partial charge in [-0.3, -0.25) is 4.79 Å². The summed E-state index contributed by atoms with van der Waals surface area (Å²) >= 11 is 0. The highest BCUT2D eigenvalue weighted by Crippen LogP contribution is 2.22. The lowest BCUT2D eigenvalue weighted by Gasteiger charge is -2.13. The summed E-state index contributed by atoms with van der Waals surface area (Å²) in [6.07, 6.45) is -0.878. The van der Waals surface area contributed by atoms with Gasteiger partial charge in [-0.15, -0.1) is 0 Å². The zero-order chi connectivity index (χ0) is 17.9. The molecule has 1 amide bonds. The van der Waals surface area contributed by atoms with Crippen molar-refractivity contribution < 1.29 is 18.7 Å². The molecule has 24 heavy (non-hydrogen) atoms. The molecule has 0 saturated heterocycles. The van der Waals surface area contributed by atoms with Crippen LogP contribution >= 0.6 is 0 Å². The number of hydrogen-bond donors (Lipinski definition) is 1. The van der Waals surface area contributed by atoms with E-state index in [4.69, 9.17) is 9.15 Å². The number of carbonyl (C=O) groups excluding carboxylic acids is 2. The molecule has 1 atom stereocenters. The van der Waals surface area contributed by atoms with Gasteiger partial charge in [0.2, 0.25) is 0 Å². The second-order valence-electron chi connectivity index (χ2n) is 5.97. The lowest BCUT2D eigenvalue weighted by Crippen LogP contribution is -2.35. The van der Waals surface area contributed by atoms with Gasteiger partial charge in [0.1, 0.15) is 17.1 Å². The first kappa shape index (κ1) is 17.8. The molecular weight excluding hydrogens is 306 g/mol. The van der Waals surface area contributed by atoms with Crippen molar-refractivity contribution in [1.82, 2.24) is 5.32 Å². The molecule has 0 fully saturated rings. The molecule has 1 aromatic carbocycles. The van der Waals surface area contributed by atoms with Crippen molar-refractivity contribution in [1.29, 1.82) is 0 Å². The van der Waals surface area contributed by atoms with Crippen LogP contribution in [-0.2, 0) is 16.1 Å².